The van der Waals surface area contributed by atoms with Gasteiger partial charge in [0, 0.05) is 23.4 Å². The molecule has 0 fully saturated rings. The molecule has 33 heavy (non-hydrogen) atoms. The molecule has 1 heterocycles. The lowest BCUT2D eigenvalue weighted by atomic mass is 10.1. The number of sulfonamides is 1. The Hall–Kier alpha value is -3.98. The first kappa shape index (κ1) is 22.2. The van der Waals surface area contributed by atoms with E-state index in [0.29, 0.717) is 39.5 Å². The molecule has 0 atom stereocenters. The van der Waals surface area contributed by atoms with Crippen LogP contribution in [0.1, 0.15) is 0 Å². The average molecular weight is 467 g/mol. The van der Waals surface area contributed by atoms with Crippen molar-refractivity contribution in [3.63, 3.8) is 0 Å². The number of benzene rings is 3. The molecule has 0 radical (unpaired) electrons. The lowest BCUT2D eigenvalue weighted by Gasteiger charge is -2.13. The van der Waals surface area contributed by atoms with Crippen molar-refractivity contribution in [2.45, 2.75) is 4.90 Å². The summed E-state index contributed by atoms with van der Waals surface area (Å²) in [6.07, 6.45) is 0. The van der Waals surface area contributed by atoms with Crippen LogP contribution in [0.4, 0.5) is 5.69 Å². The molecular weight excluding hydrogens is 446 g/mol. The predicted octanol–water partition coefficient (Wildman–Crippen LogP) is 4.29. The Balaban J connectivity index is 1.63. The topological polar surface area (TPSA) is 104 Å². The van der Waals surface area contributed by atoms with Gasteiger partial charge in [0.25, 0.3) is 10.0 Å². The van der Waals surface area contributed by atoms with Gasteiger partial charge in [-0.15, -0.1) is 0 Å². The summed E-state index contributed by atoms with van der Waals surface area (Å²) in [6, 6.07) is 17.4. The maximum atomic E-state index is 12.9. The minimum Gasteiger partial charge on any atom is -0.497 e. The summed E-state index contributed by atoms with van der Waals surface area (Å²) in [6.45, 7) is 0. The third kappa shape index (κ3) is 4.49. The first-order valence-corrected chi connectivity index (χ1v) is 11.3. The van der Waals surface area contributed by atoms with Crippen LogP contribution in [0.3, 0.4) is 0 Å². The van der Waals surface area contributed by atoms with Gasteiger partial charge in [-0.1, -0.05) is 0 Å². The van der Waals surface area contributed by atoms with E-state index in [9.17, 15) is 13.2 Å². The van der Waals surface area contributed by atoms with Gasteiger partial charge in [0.1, 0.15) is 33.5 Å². The molecule has 0 aliphatic rings. The predicted molar refractivity (Wildman–Crippen MR) is 125 cm³/mol. The molecule has 0 unspecified atom stereocenters. The van der Waals surface area contributed by atoms with Gasteiger partial charge in [-0.3, -0.25) is 9.52 Å². The summed E-state index contributed by atoms with van der Waals surface area (Å²) in [5.74, 6) is 1.50. The van der Waals surface area contributed by atoms with Crippen molar-refractivity contribution in [1.29, 1.82) is 0 Å². The van der Waals surface area contributed by atoms with E-state index >= 15 is 0 Å². The number of anilines is 1. The summed E-state index contributed by atoms with van der Waals surface area (Å²) in [4.78, 5) is 12.5. The molecule has 0 bridgehead atoms. The van der Waals surface area contributed by atoms with Crippen LogP contribution in [0.15, 0.2) is 80.8 Å². The van der Waals surface area contributed by atoms with Crippen LogP contribution in [-0.4, -0.2) is 29.7 Å². The zero-order valence-corrected chi connectivity index (χ0v) is 18.9. The molecule has 1 N–H and O–H groups in total. The molecule has 0 aliphatic heterocycles. The van der Waals surface area contributed by atoms with Crippen molar-refractivity contribution in [2.24, 2.45) is 0 Å². The average Bonchev–Trinajstić information content (AvgIpc) is 2.83. The van der Waals surface area contributed by atoms with Gasteiger partial charge in [-0.2, -0.15) is 0 Å². The third-order valence-electron chi connectivity index (χ3n) is 5.02. The van der Waals surface area contributed by atoms with Crippen molar-refractivity contribution >= 4 is 26.7 Å². The number of hydrogen-bond acceptors (Lipinski definition) is 7. The van der Waals surface area contributed by atoms with E-state index in [-0.39, 0.29) is 16.1 Å². The molecule has 4 rings (SSSR count). The first-order chi connectivity index (χ1) is 15.8. The Morgan fingerprint density at radius 2 is 1.45 bits per heavy atom. The molecule has 3 aromatic carbocycles. The van der Waals surface area contributed by atoms with Crippen LogP contribution in [0.25, 0.3) is 22.3 Å². The van der Waals surface area contributed by atoms with E-state index in [0.717, 1.165) is 0 Å². The van der Waals surface area contributed by atoms with E-state index in [4.69, 9.17) is 18.6 Å². The lowest BCUT2D eigenvalue weighted by molar-refractivity contribution is 0.392. The van der Waals surface area contributed by atoms with Crippen LogP contribution in [0.2, 0.25) is 0 Å². The molecule has 4 aromatic rings. The van der Waals surface area contributed by atoms with Crippen molar-refractivity contribution in [3.8, 4) is 28.6 Å². The summed E-state index contributed by atoms with van der Waals surface area (Å²) >= 11 is 0. The van der Waals surface area contributed by atoms with Gasteiger partial charge in [0.2, 0.25) is 0 Å². The van der Waals surface area contributed by atoms with E-state index < -0.39 is 10.0 Å². The lowest BCUT2D eigenvalue weighted by Crippen LogP contribution is -2.14. The van der Waals surface area contributed by atoms with Gasteiger partial charge in [-0.25, -0.2) is 8.42 Å². The van der Waals surface area contributed by atoms with E-state index in [2.05, 4.69) is 4.72 Å². The number of fused-ring (bicyclic) bond motifs is 1. The van der Waals surface area contributed by atoms with E-state index in [1.807, 2.05) is 0 Å². The Morgan fingerprint density at radius 3 is 2.12 bits per heavy atom. The molecule has 9 heteroatoms. The van der Waals surface area contributed by atoms with E-state index in [1.54, 1.807) is 48.5 Å². The first-order valence-electron chi connectivity index (χ1n) is 9.82. The SMILES string of the molecule is COc1ccc(OC)c(S(=O)(=O)Nc2ccc(-c3cc(=O)c4cc(OC)ccc4o3)cc2)c1. The molecule has 170 valence electrons. The maximum absolute atomic E-state index is 12.9. The van der Waals surface area contributed by atoms with Crippen molar-refractivity contribution in [2.75, 3.05) is 26.1 Å². The maximum Gasteiger partial charge on any atom is 0.265 e. The van der Waals surface area contributed by atoms with Gasteiger partial charge < -0.3 is 18.6 Å². The molecule has 0 aliphatic carbocycles. The Labute approximate surface area is 190 Å². The highest BCUT2D eigenvalue weighted by molar-refractivity contribution is 7.92. The fourth-order valence-corrected chi connectivity index (χ4v) is 4.56. The van der Waals surface area contributed by atoms with Gasteiger partial charge >= 0.3 is 0 Å². The number of methoxy groups -OCH3 is 3. The van der Waals surface area contributed by atoms with Crippen LogP contribution in [0.5, 0.6) is 17.2 Å². The van der Waals surface area contributed by atoms with Gasteiger partial charge in [0.15, 0.2) is 5.43 Å². The number of rotatable bonds is 7. The summed E-state index contributed by atoms with van der Waals surface area (Å²) < 4.78 is 49.7. The van der Waals surface area contributed by atoms with Crippen molar-refractivity contribution in [3.05, 3.63) is 77.0 Å². The normalized spacial score (nSPS) is 11.2. The standard InChI is InChI=1S/C24H21NO7S/c1-29-17-8-10-21-19(12-17)20(26)14-23(32-21)15-4-6-16(7-5-15)25-33(27,28)24-13-18(30-2)9-11-22(24)31-3/h4-14,25H,1-3H3. The molecule has 0 saturated heterocycles. The zero-order chi connectivity index (χ0) is 23.6. The van der Waals surface area contributed by atoms with Crippen molar-refractivity contribution in [1.82, 2.24) is 0 Å². The molecule has 0 saturated carbocycles. The van der Waals surface area contributed by atoms with Gasteiger partial charge in [-0.05, 0) is 54.6 Å². The number of ether oxygens (including phenoxy) is 3. The fourth-order valence-electron chi connectivity index (χ4n) is 3.31. The molecule has 0 spiro atoms. The molecule has 1 aromatic heterocycles. The highest BCUT2D eigenvalue weighted by atomic mass is 32.2. The van der Waals surface area contributed by atoms with Crippen LogP contribution < -0.4 is 24.4 Å². The summed E-state index contributed by atoms with van der Waals surface area (Å²) in [5, 5.41) is 0.412. The minimum atomic E-state index is -3.95. The van der Waals surface area contributed by atoms with Crippen molar-refractivity contribution < 1.29 is 27.0 Å². The largest absolute Gasteiger partial charge is 0.497 e. The summed E-state index contributed by atoms with van der Waals surface area (Å²) in [7, 11) is 0.419. The highest BCUT2D eigenvalue weighted by Crippen LogP contribution is 2.31. The second-order valence-electron chi connectivity index (χ2n) is 7.04. The summed E-state index contributed by atoms with van der Waals surface area (Å²) in [5.41, 5.74) is 1.16. The van der Waals surface area contributed by atoms with Crippen LogP contribution in [-0.2, 0) is 10.0 Å². The van der Waals surface area contributed by atoms with Crippen LogP contribution >= 0.6 is 0 Å². The van der Waals surface area contributed by atoms with Crippen LogP contribution in [0, 0.1) is 0 Å². The second kappa shape index (κ2) is 8.87. The number of hydrogen-bond donors (Lipinski definition) is 1. The second-order valence-corrected chi connectivity index (χ2v) is 8.69. The monoisotopic (exact) mass is 467 g/mol. The molecule has 0 amide bonds. The third-order valence-corrected chi connectivity index (χ3v) is 6.42. The Bertz CT molecular complexity index is 1480. The number of nitrogens with one attached hydrogen (secondary N) is 1. The Morgan fingerprint density at radius 1 is 0.788 bits per heavy atom. The fraction of sp³-hybridized carbons (Fsp3) is 0.125. The zero-order valence-electron chi connectivity index (χ0n) is 18.1. The Kier molecular flexibility index (Phi) is 5.97. The highest BCUT2D eigenvalue weighted by Gasteiger charge is 2.21. The quantitative estimate of drug-likeness (QED) is 0.432. The minimum absolute atomic E-state index is 0.0515. The van der Waals surface area contributed by atoms with Gasteiger partial charge in [0.05, 0.1) is 26.7 Å². The molecular formula is C24H21NO7S. The van der Waals surface area contributed by atoms with E-state index in [1.165, 1.54) is 39.5 Å². The molecule has 8 nitrogen and oxygen atoms in total. The smallest absolute Gasteiger partial charge is 0.265 e.